The summed E-state index contributed by atoms with van der Waals surface area (Å²) in [6, 6.07) is 9.27. The highest BCUT2D eigenvalue weighted by molar-refractivity contribution is 6.30. The number of carbonyl (C=O) groups excluding carboxylic acids is 2. The Labute approximate surface area is 142 Å². The fourth-order valence-electron chi connectivity index (χ4n) is 1.93. The molecule has 0 fully saturated rings. The van der Waals surface area contributed by atoms with Gasteiger partial charge in [0.05, 0.1) is 12.1 Å². The third kappa shape index (κ3) is 5.03. The minimum Gasteiger partial charge on any atom is -0.452 e. The molecule has 2 aromatic carbocycles. The number of halogens is 3. The molecule has 4 nitrogen and oxygen atoms in total. The van der Waals surface area contributed by atoms with E-state index in [1.54, 1.807) is 6.07 Å². The Balaban J connectivity index is 1.92. The molecule has 0 radical (unpaired) electrons. The van der Waals surface area contributed by atoms with E-state index in [0.717, 1.165) is 6.07 Å². The number of esters is 1. The maximum Gasteiger partial charge on any atom is 0.311 e. The molecule has 1 amide bonds. The van der Waals surface area contributed by atoms with Crippen LogP contribution in [-0.2, 0) is 20.7 Å². The maximum absolute atomic E-state index is 13.6. The molecular formula is C17H14ClF2NO3. The number of amides is 1. The summed E-state index contributed by atoms with van der Waals surface area (Å²) in [6.45, 7) is 1.35. The molecule has 0 spiro atoms. The van der Waals surface area contributed by atoms with Crippen LogP contribution in [0.5, 0.6) is 0 Å². The highest BCUT2D eigenvalue weighted by Gasteiger charge is 2.19. The van der Waals surface area contributed by atoms with Gasteiger partial charge in [-0.25, -0.2) is 8.78 Å². The van der Waals surface area contributed by atoms with E-state index in [0.29, 0.717) is 5.56 Å². The van der Waals surface area contributed by atoms with Crippen LogP contribution in [0.3, 0.4) is 0 Å². The molecule has 2 aromatic rings. The van der Waals surface area contributed by atoms with Crippen molar-refractivity contribution >= 4 is 29.2 Å². The van der Waals surface area contributed by atoms with E-state index in [1.165, 1.54) is 37.3 Å². The molecule has 0 aliphatic carbocycles. The van der Waals surface area contributed by atoms with Crippen molar-refractivity contribution < 1.29 is 23.1 Å². The van der Waals surface area contributed by atoms with E-state index in [9.17, 15) is 18.4 Å². The first-order valence-corrected chi connectivity index (χ1v) is 7.43. The van der Waals surface area contributed by atoms with Crippen molar-refractivity contribution in [3.05, 3.63) is 64.7 Å². The van der Waals surface area contributed by atoms with E-state index in [4.69, 9.17) is 16.3 Å². The van der Waals surface area contributed by atoms with Gasteiger partial charge in [0, 0.05) is 5.02 Å². The smallest absolute Gasteiger partial charge is 0.311 e. The van der Waals surface area contributed by atoms with Gasteiger partial charge in [-0.1, -0.05) is 23.7 Å². The van der Waals surface area contributed by atoms with Gasteiger partial charge < -0.3 is 10.1 Å². The van der Waals surface area contributed by atoms with Gasteiger partial charge in [-0.3, -0.25) is 9.59 Å². The van der Waals surface area contributed by atoms with Crippen LogP contribution in [0.1, 0.15) is 12.5 Å². The van der Waals surface area contributed by atoms with Gasteiger partial charge in [-0.15, -0.1) is 0 Å². The molecule has 0 saturated carbocycles. The molecule has 1 atom stereocenters. The summed E-state index contributed by atoms with van der Waals surface area (Å²) in [4.78, 5) is 23.7. The predicted molar refractivity (Wildman–Crippen MR) is 85.7 cm³/mol. The third-order valence-corrected chi connectivity index (χ3v) is 3.34. The van der Waals surface area contributed by atoms with Gasteiger partial charge in [0.25, 0.3) is 5.91 Å². The molecule has 0 aliphatic heterocycles. The molecule has 0 unspecified atom stereocenters. The van der Waals surface area contributed by atoms with Crippen LogP contribution in [0.4, 0.5) is 14.5 Å². The minimum atomic E-state index is -1.14. The summed E-state index contributed by atoms with van der Waals surface area (Å²) in [5, 5.41) is 2.50. The molecule has 24 heavy (non-hydrogen) atoms. The summed E-state index contributed by atoms with van der Waals surface area (Å²) < 4.78 is 31.6. The molecule has 0 heterocycles. The van der Waals surface area contributed by atoms with Gasteiger partial charge in [-0.05, 0) is 42.8 Å². The topological polar surface area (TPSA) is 55.4 Å². The monoisotopic (exact) mass is 353 g/mol. The lowest BCUT2D eigenvalue weighted by Gasteiger charge is -2.14. The van der Waals surface area contributed by atoms with E-state index in [2.05, 4.69) is 5.32 Å². The number of benzene rings is 2. The van der Waals surface area contributed by atoms with Crippen LogP contribution in [-0.4, -0.2) is 18.0 Å². The predicted octanol–water partition coefficient (Wildman–Crippen LogP) is 3.73. The molecule has 7 heteroatoms. The molecule has 0 aromatic heterocycles. The number of nitrogens with one attached hydrogen (secondary N) is 1. The highest BCUT2D eigenvalue weighted by atomic mass is 35.5. The van der Waals surface area contributed by atoms with Crippen LogP contribution in [0.2, 0.25) is 5.02 Å². The summed E-state index contributed by atoms with van der Waals surface area (Å²) in [5.74, 6) is -2.55. The Morgan fingerprint density at radius 2 is 1.96 bits per heavy atom. The van der Waals surface area contributed by atoms with Gasteiger partial charge in [0.1, 0.15) is 11.6 Å². The number of ether oxygens (including phenoxy) is 1. The van der Waals surface area contributed by atoms with Gasteiger partial charge in [0.2, 0.25) is 0 Å². The minimum absolute atomic E-state index is 0.0718. The number of hydrogen-bond acceptors (Lipinski definition) is 3. The van der Waals surface area contributed by atoms with Crippen LogP contribution in [0.15, 0.2) is 42.5 Å². The van der Waals surface area contributed by atoms with Crippen LogP contribution >= 0.6 is 11.6 Å². The van der Waals surface area contributed by atoms with E-state index >= 15 is 0 Å². The van der Waals surface area contributed by atoms with Crippen molar-refractivity contribution in [2.45, 2.75) is 19.4 Å². The quantitative estimate of drug-likeness (QED) is 0.833. The molecule has 0 aliphatic rings. The lowest BCUT2D eigenvalue weighted by atomic mass is 10.1. The third-order valence-electron chi connectivity index (χ3n) is 3.10. The maximum atomic E-state index is 13.6. The Kier molecular flexibility index (Phi) is 5.87. The Bertz CT molecular complexity index is 767. The second kappa shape index (κ2) is 7.88. The summed E-state index contributed by atoms with van der Waals surface area (Å²) in [6.07, 6.45) is -1.31. The van der Waals surface area contributed by atoms with Crippen LogP contribution in [0.25, 0.3) is 0 Å². The second-order valence-corrected chi connectivity index (χ2v) is 5.49. The fourth-order valence-corrected chi connectivity index (χ4v) is 2.09. The largest absolute Gasteiger partial charge is 0.452 e. The molecule has 1 N–H and O–H groups in total. The molecular weight excluding hydrogens is 340 g/mol. The Morgan fingerprint density at radius 3 is 2.62 bits per heavy atom. The summed E-state index contributed by atoms with van der Waals surface area (Å²) >= 11 is 5.62. The van der Waals surface area contributed by atoms with Crippen molar-refractivity contribution in [3.63, 3.8) is 0 Å². The first-order chi connectivity index (χ1) is 11.3. The second-order valence-electron chi connectivity index (χ2n) is 5.05. The Hall–Kier alpha value is -2.47. The highest BCUT2D eigenvalue weighted by Crippen LogP contribution is 2.19. The summed E-state index contributed by atoms with van der Waals surface area (Å²) in [5.41, 5.74) is 0.355. The van der Waals surface area contributed by atoms with E-state index in [1.807, 2.05) is 0 Å². The normalized spacial score (nSPS) is 11.7. The molecule has 126 valence electrons. The lowest BCUT2D eigenvalue weighted by Crippen LogP contribution is -2.30. The average Bonchev–Trinajstić information content (AvgIpc) is 2.49. The van der Waals surface area contributed by atoms with Gasteiger partial charge in [0.15, 0.2) is 6.10 Å². The van der Waals surface area contributed by atoms with Crippen molar-refractivity contribution in [1.82, 2.24) is 0 Å². The zero-order chi connectivity index (χ0) is 17.7. The van der Waals surface area contributed by atoms with Crippen LogP contribution < -0.4 is 5.32 Å². The standard InChI is InChI=1S/C17H14ClF2NO3/c1-10(17(23)21-15-6-5-12(18)9-14(15)20)24-16(22)8-11-3-2-4-13(19)7-11/h2-7,9-10H,8H2,1H3,(H,21,23)/t10-/m0/s1. The zero-order valence-electron chi connectivity index (χ0n) is 12.7. The zero-order valence-corrected chi connectivity index (χ0v) is 13.4. The lowest BCUT2D eigenvalue weighted by molar-refractivity contribution is -0.152. The SMILES string of the molecule is C[C@H](OC(=O)Cc1cccc(F)c1)C(=O)Nc1ccc(Cl)cc1F. The van der Waals surface area contributed by atoms with Crippen molar-refractivity contribution in [2.24, 2.45) is 0 Å². The molecule has 0 saturated heterocycles. The number of rotatable bonds is 5. The van der Waals surface area contributed by atoms with E-state index < -0.39 is 29.6 Å². The number of hydrogen-bond donors (Lipinski definition) is 1. The molecule has 2 rings (SSSR count). The van der Waals surface area contributed by atoms with Crippen molar-refractivity contribution in [3.8, 4) is 0 Å². The Morgan fingerprint density at radius 1 is 1.21 bits per heavy atom. The number of anilines is 1. The fraction of sp³-hybridized carbons (Fsp3) is 0.176. The number of carbonyl (C=O) groups is 2. The first-order valence-electron chi connectivity index (χ1n) is 7.05. The van der Waals surface area contributed by atoms with Crippen molar-refractivity contribution in [1.29, 1.82) is 0 Å². The first kappa shape index (κ1) is 17.9. The van der Waals surface area contributed by atoms with Gasteiger partial charge >= 0.3 is 5.97 Å². The van der Waals surface area contributed by atoms with Crippen LogP contribution in [0, 0.1) is 11.6 Å². The summed E-state index contributed by atoms with van der Waals surface area (Å²) in [7, 11) is 0. The van der Waals surface area contributed by atoms with Gasteiger partial charge in [-0.2, -0.15) is 0 Å². The molecule has 0 bridgehead atoms. The van der Waals surface area contributed by atoms with Crippen molar-refractivity contribution in [2.75, 3.05) is 5.32 Å². The average molecular weight is 354 g/mol. The van der Waals surface area contributed by atoms with E-state index in [-0.39, 0.29) is 17.1 Å².